The molecule has 0 aromatic carbocycles. The van der Waals surface area contributed by atoms with Crippen LogP contribution < -0.4 is 10.5 Å². The van der Waals surface area contributed by atoms with Gasteiger partial charge in [0.2, 0.25) is 15.9 Å². The van der Waals surface area contributed by atoms with Gasteiger partial charge in [0.1, 0.15) is 5.75 Å². The molecule has 0 aromatic rings. The van der Waals surface area contributed by atoms with Gasteiger partial charge >= 0.3 is 0 Å². The van der Waals surface area contributed by atoms with Gasteiger partial charge in [0.15, 0.2) is 0 Å². The van der Waals surface area contributed by atoms with Crippen LogP contribution in [-0.4, -0.2) is 51.2 Å². The number of piperidine rings is 1. The lowest BCUT2D eigenvalue weighted by Gasteiger charge is -2.30. The van der Waals surface area contributed by atoms with E-state index in [0.29, 0.717) is 13.1 Å². The zero-order valence-electron chi connectivity index (χ0n) is 8.77. The molecule has 0 aliphatic carbocycles. The maximum Gasteiger partial charge on any atom is 0.239 e. The summed E-state index contributed by atoms with van der Waals surface area (Å²) in [7, 11) is -2.17. The predicted octanol–water partition coefficient (Wildman–Crippen LogP) is -1.51. The number of likely N-dealkylation sites (tertiary alicyclic amines) is 1. The molecule has 1 fully saturated rings. The molecule has 1 amide bonds. The van der Waals surface area contributed by atoms with Gasteiger partial charge in [-0.2, -0.15) is 0 Å². The third-order valence-electron chi connectivity index (χ3n) is 2.44. The summed E-state index contributed by atoms with van der Waals surface area (Å²) in [6, 6.07) is -0.0278. The number of carbonyl (C=O) groups excluding carboxylic acids is 1. The fraction of sp³-hybridized carbons (Fsp3) is 0.875. The van der Waals surface area contributed by atoms with Crippen LogP contribution in [0.4, 0.5) is 0 Å². The van der Waals surface area contributed by atoms with Gasteiger partial charge < -0.3 is 10.6 Å². The Morgan fingerprint density at radius 2 is 2.27 bits per heavy atom. The molecule has 15 heavy (non-hydrogen) atoms. The van der Waals surface area contributed by atoms with Crippen molar-refractivity contribution in [3.8, 4) is 0 Å². The Morgan fingerprint density at radius 1 is 1.60 bits per heavy atom. The number of nitrogens with two attached hydrogens (primary N) is 1. The molecule has 1 saturated heterocycles. The highest BCUT2D eigenvalue weighted by atomic mass is 32.2. The Labute approximate surface area is 89.9 Å². The average molecular weight is 235 g/mol. The van der Waals surface area contributed by atoms with Gasteiger partial charge in [0.25, 0.3) is 0 Å². The highest BCUT2D eigenvalue weighted by Crippen LogP contribution is 2.08. The van der Waals surface area contributed by atoms with Crippen molar-refractivity contribution in [2.45, 2.75) is 18.9 Å². The first-order valence-electron chi connectivity index (χ1n) is 4.89. The zero-order chi connectivity index (χ0) is 11.5. The first-order chi connectivity index (χ1) is 6.94. The fourth-order valence-corrected chi connectivity index (χ4v) is 2.21. The Morgan fingerprint density at radius 3 is 2.80 bits per heavy atom. The standard InChI is InChI=1S/C8H17N3O3S/c1-10-15(13,14)6-8(12)11-4-2-3-7(9)5-11/h7,10H,2-6,9H2,1H3/t7-/m1/s1. The van der Waals surface area contributed by atoms with E-state index in [2.05, 4.69) is 4.72 Å². The van der Waals surface area contributed by atoms with Crippen LogP contribution in [0.3, 0.4) is 0 Å². The van der Waals surface area contributed by atoms with Crippen molar-refractivity contribution in [1.29, 1.82) is 0 Å². The van der Waals surface area contributed by atoms with Crippen molar-refractivity contribution in [1.82, 2.24) is 9.62 Å². The Bertz CT molecular complexity index is 328. The molecule has 1 heterocycles. The SMILES string of the molecule is CNS(=O)(=O)CC(=O)N1CCC[C@@H](N)C1. The second kappa shape index (κ2) is 4.91. The lowest BCUT2D eigenvalue weighted by molar-refractivity contribution is -0.129. The lowest BCUT2D eigenvalue weighted by Crippen LogP contribution is -2.48. The number of hydrogen-bond acceptors (Lipinski definition) is 4. The van der Waals surface area contributed by atoms with Crippen molar-refractivity contribution in [3.05, 3.63) is 0 Å². The largest absolute Gasteiger partial charge is 0.340 e. The molecule has 0 radical (unpaired) electrons. The minimum atomic E-state index is -3.47. The summed E-state index contributed by atoms with van der Waals surface area (Å²) in [6.07, 6.45) is 1.73. The molecule has 7 heteroatoms. The summed E-state index contributed by atoms with van der Waals surface area (Å²) in [4.78, 5) is 13.1. The molecular formula is C8H17N3O3S. The second-order valence-electron chi connectivity index (χ2n) is 3.71. The quantitative estimate of drug-likeness (QED) is 0.621. The van der Waals surface area contributed by atoms with Gasteiger partial charge in [0, 0.05) is 19.1 Å². The molecule has 6 nitrogen and oxygen atoms in total. The van der Waals surface area contributed by atoms with E-state index >= 15 is 0 Å². The number of nitrogens with zero attached hydrogens (tertiary/aromatic N) is 1. The predicted molar refractivity (Wildman–Crippen MR) is 56.6 cm³/mol. The molecule has 1 aliphatic rings. The Hall–Kier alpha value is -0.660. The summed E-state index contributed by atoms with van der Waals surface area (Å²) in [6.45, 7) is 1.06. The highest BCUT2D eigenvalue weighted by molar-refractivity contribution is 7.90. The second-order valence-corrected chi connectivity index (χ2v) is 5.63. The van der Waals surface area contributed by atoms with Gasteiger partial charge in [-0.1, -0.05) is 0 Å². The molecule has 3 N–H and O–H groups in total. The van der Waals surface area contributed by atoms with E-state index in [0.717, 1.165) is 12.8 Å². The third-order valence-corrected chi connectivity index (χ3v) is 3.68. The molecule has 0 bridgehead atoms. The summed E-state index contributed by atoms with van der Waals surface area (Å²) in [5.74, 6) is -0.865. The maximum atomic E-state index is 11.6. The molecule has 1 aliphatic heterocycles. The molecule has 0 spiro atoms. The summed E-state index contributed by atoms with van der Waals surface area (Å²) in [5.41, 5.74) is 5.70. The van der Waals surface area contributed by atoms with Crippen LogP contribution in [0.5, 0.6) is 0 Å². The maximum absolute atomic E-state index is 11.6. The fourth-order valence-electron chi connectivity index (χ4n) is 1.56. The van der Waals surface area contributed by atoms with Crippen LogP contribution in [0.15, 0.2) is 0 Å². The number of sulfonamides is 1. The minimum absolute atomic E-state index is 0.0278. The number of rotatable bonds is 3. The summed E-state index contributed by atoms with van der Waals surface area (Å²) >= 11 is 0. The smallest absolute Gasteiger partial charge is 0.239 e. The number of nitrogens with one attached hydrogen (secondary N) is 1. The van der Waals surface area contributed by atoms with E-state index in [1.807, 2.05) is 0 Å². The van der Waals surface area contributed by atoms with E-state index in [1.165, 1.54) is 11.9 Å². The van der Waals surface area contributed by atoms with E-state index in [9.17, 15) is 13.2 Å². The van der Waals surface area contributed by atoms with Crippen LogP contribution >= 0.6 is 0 Å². The highest BCUT2D eigenvalue weighted by Gasteiger charge is 2.24. The van der Waals surface area contributed by atoms with Crippen molar-refractivity contribution in [3.63, 3.8) is 0 Å². The normalized spacial score (nSPS) is 22.8. The van der Waals surface area contributed by atoms with Crippen molar-refractivity contribution >= 4 is 15.9 Å². The first-order valence-corrected chi connectivity index (χ1v) is 6.54. The van der Waals surface area contributed by atoms with Gasteiger partial charge in [-0.05, 0) is 19.9 Å². The average Bonchev–Trinajstić information content (AvgIpc) is 2.17. The molecule has 0 unspecified atom stereocenters. The molecule has 0 saturated carbocycles. The zero-order valence-corrected chi connectivity index (χ0v) is 9.59. The Balaban J connectivity index is 2.53. The lowest BCUT2D eigenvalue weighted by atomic mass is 10.1. The Kier molecular flexibility index (Phi) is 4.06. The van der Waals surface area contributed by atoms with Crippen molar-refractivity contribution in [2.24, 2.45) is 5.73 Å². The third kappa shape index (κ3) is 3.77. The molecule has 1 rings (SSSR count). The molecule has 0 aromatic heterocycles. The van der Waals surface area contributed by atoms with Crippen LogP contribution in [0, 0.1) is 0 Å². The molecule has 1 atom stereocenters. The van der Waals surface area contributed by atoms with Crippen molar-refractivity contribution in [2.75, 3.05) is 25.9 Å². The van der Waals surface area contributed by atoms with Gasteiger partial charge in [-0.15, -0.1) is 0 Å². The number of amides is 1. The summed E-state index contributed by atoms with van der Waals surface area (Å²) < 4.78 is 24.4. The number of carbonyl (C=O) groups is 1. The van der Waals surface area contributed by atoms with Crippen LogP contribution in [0.1, 0.15) is 12.8 Å². The summed E-state index contributed by atoms with van der Waals surface area (Å²) in [5, 5.41) is 0. The van der Waals surface area contributed by atoms with Gasteiger partial charge in [0.05, 0.1) is 0 Å². The first kappa shape index (κ1) is 12.4. The molecule has 88 valence electrons. The van der Waals surface area contributed by atoms with E-state index in [4.69, 9.17) is 5.73 Å². The van der Waals surface area contributed by atoms with Gasteiger partial charge in [-0.3, -0.25) is 4.79 Å². The van der Waals surface area contributed by atoms with Gasteiger partial charge in [-0.25, -0.2) is 13.1 Å². The van der Waals surface area contributed by atoms with E-state index < -0.39 is 15.8 Å². The van der Waals surface area contributed by atoms with Crippen LogP contribution in [0.2, 0.25) is 0 Å². The minimum Gasteiger partial charge on any atom is -0.340 e. The number of hydrogen-bond donors (Lipinski definition) is 2. The van der Waals surface area contributed by atoms with Crippen molar-refractivity contribution < 1.29 is 13.2 Å². The van der Waals surface area contributed by atoms with E-state index in [-0.39, 0.29) is 11.9 Å². The molecular weight excluding hydrogens is 218 g/mol. The van der Waals surface area contributed by atoms with Crippen LogP contribution in [0.25, 0.3) is 0 Å². The van der Waals surface area contributed by atoms with E-state index in [1.54, 1.807) is 0 Å². The van der Waals surface area contributed by atoms with Crippen LogP contribution in [-0.2, 0) is 14.8 Å². The monoisotopic (exact) mass is 235 g/mol. The topological polar surface area (TPSA) is 92.5 Å².